The first-order valence-electron chi connectivity index (χ1n) is 5.26. The van der Waals surface area contributed by atoms with E-state index >= 15 is 0 Å². The standard InChI is InChI=1S/C12H16N2O3/c1-12(2,3)9(11(16)17)14-10(15)8-5-4-6-13-7-8/h4-7,9H,1-3H3,(H,14,15)(H,16,17)/t9-/m1/s1. The molecule has 17 heavy (non-hydrogen) atoms. The second-order valence-corrected chi connectivity index (χ2v) is 4.85. The highest BCUT2D eigenvalue weighted by atomic mass is 16.4. The molecule has 0 bridgehead atoms. The van der Waals surface area contributed by atoms with Gasteiger partial charge in [0.25, 0.3) is 5.91 Å². The number of carbonyl (C=O) groups excluding carboxylic acids is 1. The maximum absolute atomic E-state index is 11.8. The molecule has 1 aromatic heterocycles. The summed E-state index contributed by atoms with van der Waals surface area (Å²) in [6, 6.07) is 2.28. The number of hydrogen-bond donors (Lipinski definition) is 2. The van der Waals surface area contributed by atoms with Gasteiger partial charge in [-0.3, -0.25) is 9.78 Å². The van der Waals surface area contributed by atoms with Crippen molar-refractivity contribution in [2.24, 2.45) is 5.41 Å². The first kappa shape index (κ1) is 13.2. The van der Waals surface area contributed by atoms with Crippen molar-refractivity contribution < 1.29 is 14.7 Å². The molecule has 2 N–H and O–H groups in total. The van der Waals surface area contributed by atoms with Gasteiger partial charge in [-0.15, -0.1) is 0 Å². The van der Waals surface area contributed by atoms with Crippen LogP contribution >= 0.6 is 0 Å². The number of pyridine rings is 1. The zero-order chi connectivity index (χ0) is 13.1. The molecule has 1 rings (SSSR count). The number of nitrogens with zero attached hydrogens (tertiary/aromatic N) is 1. The van der Waals surface area contributed by atoms with Gasteiger partial charge in [-0.1, -0.05) is 20.8 Å². The summed E-state index contributed by atoms with van der Waals surface area (Å²) in [7, 11) is 0. The highest BCUT2D eigenvalue weighted by molar-refractivity contribution is 5.96. The van der Waals surface area contributed by atoms with Crippen LogP contribution in [0.15, 0.2) is 24.5 Å². The molecule has 1 aromatic rings. The summed E-state index contributed by atoms with van der Waals surface area (Å²) in [5.74, 6) is -1.48. The molecule has 0 fully saturated rings. The van der Waals surface area contributed by atoms with Gasteiger partial charge in [0, 0.05) is 12.4 Å². The van der Waals surface area contributed by atoms with Crippen LogP contribution in [0.5, 0.6) is 0 Å². The average molecular weight is 236 g/mol. The van der Waals surface area contributed by atoms with Crippen molar-refractivity contribution in [1.82, 2.24) is 10.3 Å². The first-order valence-corrected chi connectivity index (χ1v) is 5.26. The normalized spacial score (nSPS) is 12.9. The Balaban J connectivity index is 2.83. The number of rotatable bonds is 3. The summed E-state index contributed by atoms with van der Waals surface area (Å²) < 4.78 is 0. The maximum atomic E-state index is 11.8. The molecule has 0 aliphatic rings. The van der Waals surface area contributed by atoms with Gasteiger partial charge in [-0.2, -0.15) is 0 Å². The number of aromatic nitrogens is 1. The molecule has 0 aromatic carbocycles. The van der Waals surface area contributed by atoms with Crippen LogP contribution in [-0.4, -0.2) is 28.0 Å². The number of carboxylic acid groups (broad SMARTS) is 1. The predicted molar refractivity (Wildman–Crippen MR) is 62.6 cm³/mol. The minimum absolute atomic E-state index is 0.350. The van der Waals surface area contributed by atoms with Crippen molar-refractivity contribution in [2.75, 3.05) is 0 Å². The molecular weight excluding hydrogens is 220 g/mol. The number of aliphatic carboxylic acids is 1. The molecule has 0 saturated heterocycles. The van der Waals surface area contributed by atoms with Crippen LogP contribution in [0.25, 0.3) is 0 Å². The second kappa shape index (κ2) is 4.95. The SMILES string of the molecule is CC(C)(C)[C@H](NC(=O)c1cccnc1)C(=O)O. The topological polar surface area (TPSA) is 79.3 Å². The zero-order valence-electron chi connectivity index (χ0n) is 10.1. The van der Waals surface area contributed by atoms with E-state index in [1.165, 1.54) is 6.20 Å². The lowest BCUT2D eigenvalue weighted by molar-refractivity contribution is -0.142. The molecule has 0 unspecified atom stereocenters. The van der Waals surface area contributed by atoms with E-state index in [9.17, 15) is 9.59 Å². The number of carbonyl (C=O) groups is 2. The largest absolute Gasteiger partial charge is 0.480 e. The van der Waals surface area contributed by atoms with Crippen LogP contribution < -0.4 is 5.32 Å². The Morgan fingerprint density at radius 3 is 2.47 bits per heavy atom. The van der Waals surface area contributed by atoms with Gasteiger partial charge >= 0.3 is 5.97 Å². The van der Waals surface area contributed by atoms with Gasteiger partial charge in [0.05, 0.1) is 5.56 Å². The predicted octanol–water partition coefficient (Wildman–Crippen LogP) is 1.31. The van der Waals surface area contributed by atoms with E-state index in [2.05, 4.69) is 10.3 Å². The average Bonchev–Trinajstić information content (AvgIpc) is 2.24. The van der Waals surface area contributed by atoms with Crippen molar-refractivity contribution in [2.45, 2.75) is 26.8 Å². The molecule has 1 amide bonds. The molecule has 0 spiro atoms. The van der Waals surface area contributed by atoms with E-state index in [1.807, 2.05) is 0 Å². The van der Waals surface area contributed by atoms with E-state index in [4.69, 9.17) is 5.11 Å². The summed E-state index contributed by atoms with van der Waals surface area (Å²) in [4.78, 5) is 26.7. The number of nitrogens with one attached hydrogen (secondary N) is 1. The third-order valence-electron chi connectivity index (χ3n) is 2.31. The van der Waals surface area contributed by atoms with Gasteiger partial charge in [-0.05, 0) is 17.5 Å². The molecule has 92 valence electrons. The molecule has 0 aliphatic carbocycles. The Bertz CT molecular complexity index is 410. The monoisotopic (exact) mass is 236 g/mol. The fourth-order valence-corrected chi connectivity index (χ4v) is 1.36. The minimum atomic E-state index is -1.05. The van der Waals surface area contributed by atoms with E-state index < -0.39 is 23.3 Å². The van der Waals surface area contributed by atoms with Crippen LogP contribution in [0.2, 0.25) is 0 Å². The van der Waals surface area contributed by atoms with Crippen LogP contribution in [0.3, 0.4) is 0 Å². The highest BCUT2D eigenvalue weighted by Crippen LogP contribution is 2.19. The highest BCUT2D eigenvalue weighted by Gasteiger charge is 2.32. The third-order valence-corrected chi connectivity index (χ3v) is 2.31. The summed E-state index contributed by atoms with van der Waals surface area (Å²) in [5, 5.41) is 11.6. The van der Waals surface area contributed by atoms with Crippen molar-refractivity contribution in [3.63, 3.8) is 0 Å². The van der Waals surface area contributed by atoms with Crippen LogP contribution in [0.4, 0.5) is 0 Å². The molecular formula is C12H16N2O3. The molecule has 0 aliphatic heterocycles. The summed E-state index contributed by atoms with van der Waals surface area (Å²) >= 11 is 0. The lowest BCUT2D eigenvalue weighted by Crippen LogP contribution is -2.49. The van der Waals surface area contributed by atoms with E-state index in [-0.39, 0.29) is 0 Å². The van der Waals surface area contributed by atoms with Gasteiger partial charge in [0.2, 0.25) is 0 Å². The van der Waals surface area contributed by atoms with Gasteiger partial charge in [0.1, 0.15) is 6.04 Å². The van der Waals surface area contributed by atoms with Crippen LogP contribution in [0, 0.1) is 5.41 Å². The first-order chi connectivity index (χ1) is 7.82. The molecule has 5 heteroatoms. The Morgan fingerprint density at radius 2 is 2.06 bits per heavy atom. The van der Waals surface area contributed by atoms with Crippen molar-refractivity contribution in [3.8, 4) is 0 Å². The summed E-state index contributed by atoms with van der Waals surface area (Å²) in [6.45, 7) is 5.28. The molecule has 0 radical (unpaired) electrons. The maximum Gasteiger partial charge on any atom is 0.326 e. The van der Waals surface area contributed by atoms with Crippen LogP contribution in [-0.2, 0) is 4.79 Å². The quantitative estimate of drug-likeness (QED) is 0.829. The zero-order valence-corrected chi connectivity index (χ0v) is 10.1. The summed E-state index contributed by atoms with van der Waals surface area (Å²) in [5.41, 5.74) is -0.202. The lowest BCUT2D eigenvalue weighted by atomic mass is 9.86. The Hall–Kier alpha value is -1.91. The second-order valence-electron chi connectivity index (χ2n) is 4.85. The van der Waals surface area contributed by atoms with Crippen molar-refractivity contribution >= 4 is 11.9 Å². The van der Waals surface area contributed by atoms with Gasteiger partial charge in [-0.25, -0.2) is 4.79 Å². The number of amides is 1. The van der Waals surface area contributed by atoms with Gasteiger partial charge in [0.15, 0.2) is 0 Å². The third kappa shape index (κ3) is 3.55. The van der Waals surface area contributed by atoms with Crippen molar-refractivity contribution in [3.05, 3.63) is 30.1 Å². The van der Waals surface area contributed by atoms with Crippen LogP contribution in [0.1, 0.15) is 31.1 Å². The van der Waals surface area contributed by atoms with Crippen molar-refractivity contribution in [1.29, 1.82) is 0 Å². The van der Waals surface area contributed by atoms with E-state index in [0.29, 0.717) is 5.56 Å². The fraction of sp³-hybridized carbons (Fsp3) is 0.417. The number of carboxylic acids is 1. The molecule has 5 nitrogen and oxygen atoms in total. The lowest BCUT2D eigenvalue weighted by Gasteiger charge is -2.27. The summed E-state index contributed by atoms with van der Waals surface area (Å²) in [6.07, 6.45) is 2.95. The van der Waals surface area contributed by atoms with Gasteiger partial charge < -0.3 is 10.4 Å². The van der Waals surface area contributed by atoms with E-state index in [0.717, 1.165) is 0 Å². The molecule has 1 heterocycles. The smallest absolute Gasteiger partial charge is 0.326 e. The Labute approximate surface area is 99.9 Å². The molecule has 1 atom stereocenters. The minimum Gasteiger partial charge on any atom is -0.480 e. The molecule has 0 saturated carbocycles. The Morgan fingerprint density at radius 1 is 1.41 bits per heavy atom. The fourth-order valence-electron chi connectivity index (χ4n) is 1.36. The Kier molecular flexibility index (Phi) is 3.83. The van der Waals surface area contributed by atoms with E-state index in [1.54, 1.807) is 39.1 Å². The number of hydrogen-bond acceptors (Lipinski definition) is 3.